The molecular weight excluding hydrogens is 415 g/mol. The molecule has 1 aromatic rings. The van der Waals surface area contributed by atoms with Gasteiger partial charge in [0.1, 0.15) is 0 Å². The lowest BCUT2D eigenvalue weighted by molar-refractivity contribution is -0.192. The first-order valence-corrected chi connectivity index (χ1v) is 9.52. The van der Waals surface area contributed by atoms with Gasteiger partial charge >= 0.3 is 12.1 Å². The summed E-state index contributed by atoms with van der Waals surface area (Å²) < 4.78 is 59.4. The fourth-order valence-corrected chi connectivity index (χ4v) is 3.38. The summed E-state index contributed by atoms with van der Waals surface area (Å²) in [5, 5.41) is 14.3. The van der Waals surface area contributed by atoms with Gasteiger partial charge in [0, 0.05) is 50.6 Å². The highest BCUT2D eigenvalue weighted by Crippen LogP contribution is 2.42. The van der Waals surface area contributed by atoms with Crippen molar-refractivity contribution in [3.8, 4) is 0 Å². The van der Waals surface area contributed by atoms with E-state index in [4.69, 9.17) is 9.90 Å². The van der Waals surface area contributed by atoms with Gasteiger partial charge in [0.05, 0.1) is 11.7 Å². The molecule has 0 aromatic carbocycles. The summed E-state index contributed by atoms with van der Waals surface area (Å²) in [4.78, 5) is 23.1. The molecule has 1 aliphatic heterocycles. The van der Waals surface area contributed by atoms with Gasteiger partial charge in [-0.2, -0.15) is 18.3 Å². The Morgan fingerprint density at radius 3 is 2.43 bits per heavy atom. The highest BCUT2D eigenvalue weighted by molar-refractivity contribution is 5.79. The number of halogens is 5. The second-order valence-electron chi connectivity index (χ2n) is 7.79. The highest BCUT2D eigenvalue weighted by atomic mass is 19.4. The molecule has 1 saturated carbocycles. The Morgan fingerprint density at radius 2 is 1.93 bits per heavy atom. The van der Waals surface area contributed by atoms with Crippen LogP contribution < -0.4 is 5.32 Å². The minimum Gasteiger partial charge on any atom is -0.475 e. The predicted molar refractivity (Wildman–Crippen MR) is 95.8 cm³/mol. The van der Waals surface area contributed by atoms with E-state index in [-0.39, 0.29) is 24.8 Å². The number of alkyl halides is 5. The van der Waals surface area contributed by atoms with Crippen molar-refractivity contribution in [1.29, 1.82) is 0 Å². The minimum atomic E-state index is -5.08. The van der Waals surface area contributed by atoms with Gasteiger partial charge in [-0.1, -0.05) is 0 Å². The first-order chi connectivity index (χ1) is 13.8. The van der Waals surface area contributed by atoms with E-state index in [1.165, 1.54) is 5.69 Å². The summed E-state index contributed by atoms with van der Waals surface area (Å²) in [6, 6.07) is 2.68. The van der Waals surface area contributed by atoms with Crippen LogP contribution >= 0.6 is 0 Å². The molecule has 3 rings (SSSR count). The van der Waals surface area contributed by atoms with Gasteiger partial charge in [0.25, 0.3) is 0 Å². The number of amides is 1. The number of nitrogens with one attached hydrogen (secondary N) is 1. The maximum atomic E-state index is 12.8. The van der Waals surface area contributed by atoms with Gasteiger partial charge in [-0.05, 0) is 26.3 Å². The average molecular weight is 440 g/mol. The lowest BCUT2D eigenvalue weighted by Gasteiger charge is -2.36. The van der Waals surface area contributed by atoms with Crippen LogP contribution in [0.15, 0.2) is 12.3 Å². The molecule has 7 nitrogen and oxygen atoms in total. The van der Waals surface area contributed by atoms with E-state index in [1.54, 1.807) is 6.20 Å². The summed E-state index contributed by atoms with van der Waals surface area (Å²) in [5.74, 6) is -6.17. The van der Waals surface area contributed by atoms with E-state index < -0.39 is 24.0 Å². The van der Waals surface area contributed by atoms with Crippen molar-refractivity contribution in [3.63, 3.8) is 0 Å². The number of hydrogen-bond donors (Lipinski definition) is 2. The van der Waals surface area contributed by atoms with Crippen LogP contribution in [-0.4, -0.2) is 62.9 Å². The third kappa shape index (κ3) is 6.38. The van der Waals surface area contributed by atoms with Crippen molar-refractivity contribution >= 4 is 11.9 Å². The van der Waals surface area contributed by atoms with Crippen LogP contribution in [0.1, 0.15) is 44.8 Å². The van der Waals surface area contributed by atoms with E-state index >= 15 is 0 Å². The van der Waals surface area contributed by atoms with Gasteiger partial charge in [0.15, 0.2) is 0 Å². The number of nitrogens with zero attached hydrogens (tertiary/aromatic N) is 3. The number of aliphatic carboxylic acids is 1. The van der Waals surface area contributed by atoms with Crippen molar-refractivity contribution in [2.45, 2.75) is 63.8 Å². The van der Waals surface area contributed by atoms with Crippen molar-refractivity contribution in [2.24, 2.45) is 5.92 Å². The third-order valence-corrected chi connectivity index (χ3v) is 5.12. The highest BCUT2D eigenvalue weighted by Gasteiger charge is 2.48. The summed E-state index contributed by atoms with van der Waals surface area (Å²) in [7, 11) is 0. The lowest BCUT2D eigenvalue weighted by Crippen LogP contribution is -2.46. The molecular formula is C18H25F5N4O3. The van der Waals surface area contributed by atoms with Gasteiger partial charge in [0.2, 0.25) is 11.8 Å². The monoisotopic (exact) mass is 440 g/mol. The number of fused-ring (bicyclic) bond motifs is 1. The van der Waals surface area contributed by atoms with E-state index in [9.17, 15) is 26.7 Å². The molecule has 1 aliphatic carbocycles. The Kier molecular flexibility index (Phi) is 7.43. The smallest absolute Gasteiger partial charge is 0.475 e. The SMILES string of the molecule is CC(C)N1Cc2ccnn2C(CCNC(=O)C2CC(F)(F)C2)C1.O=C(O)C(F)(F)F. The molecule has 1 fully saturated rings. The van der Waals surface area contributed by atoms with E-state index in [2.05, 4.69) is 29.2 Å². The van der Waals surface area contributed by atoms with Crippen molar-refractivity contribution in [1.82, 2.24) is 20.0 Å². The molecule has 1 unspecified atom stereocenters. The summed E-state index contributed by atoms with van der Waals surface area (Å²) >= 11 is 0. The topological polar surface area (TPSA) is 87.5 Å². The van der Waals surface area contributed by atoms with Crippen LogP contribution in [0, 0.1) is 5.92 Å². The Hall–Kier alpha value is -2.24. The molecule has 1 atom stereocenters. The summed E-state index contributed by atoms with van der Waals surface area (Å²) in [6.07, 6.45) is -3.15. The molecule has 2 aliphatic rings. The van der Waals surface area contributed by atoms with Crippen LogP contribution in [0.4, 0.5) is 22.0 Å². The van der Waals surface area contributed by atoms with Gasteiger partial charge in [-0.25, -0.2) is 13.6 Å². The lowest BCUT2D eigenvalue weighted by atomic mass is 9.81. The van der Waals surface area contributed by atoms with Gasteiger partial charge < -0.3 is 10.4 Å². The number of carboxylic acids is 1. The number of carbonyl (C=O) groups excluding carboxylic acids is 1. The molecule has 1 amide bonds. The first-order valence-electron chi connectivity index (χ1n) is 9.52. The Bertz CT molecular complexity index is 742. The van der Waals surface area contributed by atoms with E-state index in [0.717, 1.165) is 19.5 Å². The Balaban J connectivity index is 0.000000396. The van der Waals surface area contributed by atoms with Crippen LogP contribution in [0.25, 0.3) is 0 Å². The maximum absolute atomic E-state index is 12.8. The molecule has 0 saturated heterocycles. The van der Waals surface area contributed by atoms with E-state index in [0.29, 0.717) is 12.6 Å². The van der Waals surface area contributed by atoms with Crippen molar-refractivity contribution in [3.05, 3.63) is 18.0 Å². The molecule has 1 aromatic heterocycles. The molecule has 2 heterocycles. The second kappa shape index (κ2) is 9.27. The number of rotatable bonds is 5. The quantitative estimate of drug-likeness (QED) is 0.688. The standard InChI is InChI=1S/C16H24F2N4O.C2HF3O2/c1-11(2)21-9-13(22-14(10-21)4-6-20-22)3-5-19-15(23)12-7-16(17,18)8-12;3-2(4,5)1(6)7/h4,6,11-13H,3,5,7-10H2,1-2H3,(H,19,23);(H,6,7). The molecule has 0 spiro atoms. The van der Waals surface area contributed by atoms with Crippen LogP contribution in [0.5, 0.6) is 0 Å². The molecule has 0 radical (unpaired) electrons. The fourth-order valence-electron chi connectivity index (χ4n) is 3.38. The predicted octanol–water partition coefficient (Wildman–Crippen LogP) is 2.83. The van der Waals surface area contributed by atoms with Crippen molar-refractivity contribution < 1.29 is 36.6 Å². The minimum absolute atomic E-state index is 0.208. The Morgan fingerprint density at radius 1 is 1.33 bits per heavy atom. The number of carboxylic acid groups (broad SMARTS) is 1. The Labute approximate surface area is 170 Å². The average Bonchev–Trinajstić information content (AvgIpc) is 3.07. The zero-order chi connectivity index (χ0) is 22.7. The molecule has 2 N–H and O–H groups in total. The number of aromatic nitrogens is 2. The summed E-state index contributed by atoms with van der Waals surface area (Å²) in [5.41, 5.74) is 1.18. The van der Waals surface area contributed by atoms with Crippen LogP contribution in [-0.2, 0) is 16.1 Å². The van der Waals surface area contributed by atoms with Gasteiger partial charge in [-0.15, -0.1) is 0 Å². The number of hydrogen-bond acceptors (Lipinski definition) is 4. The molecule has 0 bridgehead atoms. The van der Waals surface area contributed by atoms with Crippen LogP contribution in [0.3, 0.4) is 0 Å². The second-order valence-corrected chi connectivity index (χ2v) is 7.79. The van der Waals surface area contributed by atoms with Gasteiger partial charge in [-0.3, -0.25) is 14.4 Å². The first kappa shape index (κ1) is 24.0. The summed E-state index contributed by atoms with van der Waals surface area (Å²) in [6.45, 7) is 6.61. The normalized spacial score (nSPS) is 21.3. The third-order valence-electron chi connectivity index (χ3n) is 5.12. The largest absolute Gasteiger partial charge is 0.490 e. The number of carbonyl (C=O) groups is 2. The van der Waals surface area contributed by atoms with Crippen molar-refractivity contribution in [2.75, 3.05) is 13.1 Å². The molecule has 30 heavy (non-hydrogen) atoms. The zero-order valence-electron chi connectivity index (χ0n) is 16.6. The van der Waals surface area contributed by atoms with E-state index in [1.807, 2.05) is 10.7 Å². The maximum Gasteiger partial charge on any atom is 0.490 e. The molecule has 170 valence electrons. The molecule has 12 heteroatoms. The van der Waals surface area contributed by atoms with Crippen LogP contribution in [0.2, 0.25) is 0 Å². The fraction of sp³-hybridized carbons (Fsp3) is 0.722. The zero-order valence-corrected chi connectivity index (χ0v) is 16.6.